The zero-order chi connectivity index (χ0) is 25.7. The van der Waals surface area contributed by atoms with Crippen molar-refractivity contribution in [2.75, 3.05) is 6.54 Å². The summed E-state index contributed by atoms with van der Waals surface area (Å²) in [6, 6.07) is 18.9. The number of carbonyl (C=O) groups excluding carboxylic acids is 2. The Kier molecular flexibility index (Phi) is 7.84. The average Bonchev–Trinajstić information content (AvgIpc) is 3.52. The first-order chi connectivity index (χ1) is 17.3. The average molecular weight is 504 g/mol. The van der Waals surface area contributed by atoms with Gasteiger partial charge in [-0.05, 0) is 62.8 Å². The summed E-state index contributed by atoms with van der Waals surface area (Å²) in [5.41, 5.74) is 3.41. The predicted octanol–water partition coefficient (Wildman–Crippen LogP) is 4.92. The Balaban J connectivity index is 1.68. The molecule has 1 unspecified atom stereocenters. The summed E-state index contributed by atoms with van der Waals surface area (Å²) >= 11 is 1.48. The number of fused-ring (bicyclic) bond motifs is 1. The third-order valence-corrected chi connectivity index (χ3v) is 7.39. The van der Waals surface area contributed by atoms with Gasteiger partial charge in [0.25, 0.3) is 0 Å². The molecule has 2 amide bonds. The number of aromatic nitrogens is 3. The Labute approximate surface area is 216 Å². The van der Waals surface area contributed by atoms with Crippen LogP contribution in [0.1, 0.15) is 49.2 Å². The molecule has 2 aromatic heterocycles. The smallest absolute Gasteiger partial charge is 0.248 e. The molecule has 36 heavy (non-hydrogen) atoms. The van der Waals surface area contributed by atoms with E-state index < -0.39 is 6.04 Å². The minimum Gasteiger partial charge on any atom is -0.349 e. The second-order valence-corrected chi connectivity index (χ2v) is 10.7. The second-order valence-electron chi connectivity index (χ2n) is 9.71. The van der Waals surface area contributed by atoms with Gasteiger partial charge in [0.05, 0.1) is 5.52 Å². The first-order valence-electron chi connectivity index (χ1n) is 12.3. The normalized spacial score (nSPS) is 12.4. The van der Waals surface area contributed by atoms with Crippen LogP contribution in [0.5, 0.6) is 0 Å². The second kappa shape index (κ2) is 11.0. The van der Waals surface area contributed by atoms with Gasteiger partial charge in [0.2, 0.25) is 11.8 Å². The largest absolute Gasteiger partial charge is 0.349 e. The molecule has 8 heteroatoms. The van der Waals surface area contributed by atoms with Gasteiger partial charge < -0.3 is 10.2 Å². The van der Waals surface area contributed by atoms with Crippen LogP contribution >= 0.6 is 11.3 Å². The number of amides is 2. The van der Waals surface area contributed by atoms with E-state index in [4.69, 9.17) is 0 Å². The van der Waals surface area contributed by atoms with Crippen molar-refractivity contribution < 1.29 is 9.59 Å². The van der Waals surface area contributed by atoms with Crippen molar-refractivity contribution in [3.8, 4) is 0 Å². The van der Waals surface area contributed by atoms with E-state index in [1.54, 1.807) is 9.58 Å². The number of hydrogen-bond donors (Lipinski definition) is 1. The third-order valence-electron chi connectivity index (χ3n) is 6.47. The third kappa shape index (κ3) is 5.99. The maximum absolute atomic E-state index is 13.9. The van der Waals surface area contributed by atoms with Gasteiger partial charge in [-0.15, -0.1) is 16.4 Å². The molecule has 2 aromatic carbocycles. The van der Waals surface area contributed by atoms with E-state index in [2.05, 4.69) is 40.8 Å². The SMILES string of the molecule is CCC(C)(C)NC(=O)C(c1cccs1)N(CCc1cccc(C)c1)C(=O)Cn1nnc2ccccc21. The molecule has 2 heterocycles. The molecule has 0 aliphatic rings. The minimum atomic E-state index is -0.733. The van der Waals surface area contributed by atoms with Gasteiger partial charge in [-0.1, -0.05) is 60.2 Å². The number of benzene rings is 2. The van der Waals surface area contributed by atoms with Gasteiger partial charge in [-0.3, -0.25) is 9.59 Å². The fourth-order valence-electron chi connectivity index (χ4n) is 4.13. The van der Waals surface area contributed by atoms with Crippen molar-refractivity contribution in [1.82, 2.24) is 25.2 Å². The minimum absolute atomic E-state index is 0.000651. The molecular formula is C28H33N5O2S. The van der Waals surface area contributed by atoms with Crippen molar-refractivity contribution >= 4 is 34.2 Å². The summed E-state index contributed by atoms with van der Waals surface area (Å²) < 4.78 is 1.61. The quantitative estimate of drug-likeness (QED) is 0.333. The molecule has 0 spiro atoms. The van der Waals surface area contributed by atoms with Crippen LogP contribution in [0.25, 0.3) is 11.0 Å². The number of nitrogens with one attached hydrogen (secondary N) is 1. The molecule has 0 aliphatic heterocycles. The van der Waals surface area contributed by atoms with Gasteiger partial charge in [-0.2, -0.15) is 0 Å². The van der Waals surface area contributed by atoms with Crippen LogP contribution in [0.2, 0.25) is 0 Å². The summed E-state index contributed by atoms with van der Waals surface area (Å²) in [5.74, 6) is -0.355. The van der Waals surface area contributed by atoms with E-state index in [1.165, 1.54) is 11.3 Å². The molecule has 0 aliphatic carbocycles. The molecule has 0 saturated heterocycles. The van der Waals surface area contributed by atoms with Crippen LogP contribution in [0.15, 0.2) is 66.0 Å². The summed E-state index contributed by atoms with van der Waals surface area (Å²) in [5, 5.41) is 13.5. The number of thiophene rings is 1. The molecule has 4 rings (SSSR count). The molecule has 0 fully saturated rings. The van der Waals surface area contributed by atoms with E-state index in [0.29, 0.717) is 13.0 Å². The molecule has 7 nitrogen and oxygen atoms in total. The zero-order valence-corrected chi connectivity index (χ0v) is 22.1. The summed E-state index contributed by atoms with van der Waals surface area (Å²) in [6.45, 7) is 8.49. The van der Waals surface area contributed by atoms with Crippen LogP contribution in [0, 0.1) is 6.92 Å². The van der Waals surface area contributed by atoms with Crippen LogP contribution in [-0.4, -0.2) is 43.8 Å². The molecule has 0 saturated carbocycles. The highest BCUT2D eigenvalue weighted by Crippen LogP contribution is 2.28. The van der Waals surface area contributed by atoms with Crippen molar-refractivity contribution in [2.24, 2.45) is 0 Å². The lowest BCUT2D eigenvalue weighted by molar-refractivity contribution is -0.142. The van der Waals surface area contributed by atoms with Crippen molar-refractivity contribution in [3.05, 3.63) is 82.0 Å². The lowest BCUT2D eigenvalue weighted by atomic mass is 10.0. The molecule has 0 radical (unpaired) electrons. The summed E-state index contributed by atoms with van der Waals surface area (Å²) in [7, 11) is 0. The maximum atomic E-state index is 13.9. The van der Waals surface area contributed by atoms with E-state index in [9.17, 15) is 9.59 Å². The molecule has 188 valence electrons. The topological polar surface area (TPSA) is 80.1 Å². The number of rotatable bonds is 10. The van der Waals surface area contributed by atoms with Crippen LogP contribution in [0.4, 0.5) is 0 Å². The van der Waals surface area contributed by atoms with Crippen molar-refractivity contribution in [3.63, 3.8) is 0 Å². The number of carbonyl (C=O) groups is 2. The first kappa shape index (κ1) is 25.6. The molecule has 1 N–H and O–H groups in total. The zero-order valence-electron chi connectivity index (χ0n) is 21.3. The number of para-hydroxylation sites is 1. The highest BCUT2D eigenvalue weighted by molar-refractivity contribution is 7.10. The standard InChI is InChI=1S/C28H33N5O2S/c1-5-28(3,4)29-27(35)26(24-14-9-17-36-24)32(16-15-21-11-8-10-20(2)18-21)25(34)19-33-23-13-7-6-12-22(23)30-31-33/h6-14,17-18,26H,5,15-16,19H2,1-4H3,(H,29,35). The van der Waals surface area contributed by atoms with Gasteiger partial charge >= 0.3 is 0 Å². The van der Waals surface area contributed by atoms with Crippen LogP contribution < -0.4 is 5.32 Å². The van der Waals surface area contributed by atoms with Gasteiger partial charge in [0.1, 0.15) is 18.1 Å². The van der Waals surface area contributed by atoms with Crippen LogP contribution in [0.3, 0.4) is 0 Å². The van der Waals surface area contributed by atoms with E-state index in [-0.39, 0.29) is 23.9 Å². The Morgan fingerprint density at radius 3 is 2.64 bits per heavy atom. The molecule has 4 aromatic rings. The Morgan fingerprint density at radius 1 is 1.11 bits per heavy atom. The van der Waals surface area contributed by atoms with Crippen molar-refractivity contribution in [2.45, 2.75) is 58.7 Å². The Bertz CT molecular complexity index is 1330. The number of hydrogen-bond acceptors (Lipinski definition) is 5. The Hall–Kier alpha value is -3.52. The van der Waals surface area contributed by atoms with Crippen LogP contribution in [-0.2, 0) is 22.6 Å². The highest BCUT2D eigenvalue weighted by atomic mass is 32.1. The summed E-state index contributed by atoms with van der Waals surface area (Å²) in [4.78, 5) is 30.1. The van der Waals surface area contributed by atoms with Gasteiger partial charge in [-0.25, -0.2) is 4.68 Å². The van der Waals surface area contributed by atoms with Gasteiger partial charge in [0, 0.05) is 17.0 Å². The molecule has 0 bridgehead atoms. The van der Waals surface area contributed by atoms with E-state index >= 15 is 0 Å². The Morgan fingerprint density at radius 2 is 1.92 bits per heavy atom. The monoisotopic (exact) mass is 503 g/mol. The van der Waals surface area contributed by atoms with Crippen molar-refractivity contribution in [1.29, 1.82) is 0 Å². The highest BCUT2D eigenvalue weighted by Gasteiger charge is 2.34. The lowest BCUT2D eigenvalue weighted by Gasteiger charge is -2.34. The maximum Gasteiger partial charge on any atom is 0.248 e. The number of nitrogens with zero attached hydrogens (tertiary/aromatic N) is 4. The number of aryl methyl sites for hydroxylation is 1. The van der Waals surface area contributed by atoms with E-state index in [0.717, 1.165) is 33.5 Å². The first-order valence-corrected chi connectivity index (χ1v) is 13.1. The summed E-state index contributed by atoms with van der Waals surface area (Å²) in [6.07, 6.45) is 1.41. The van der Waals surface area contributed by atoms with E-state index in [1.807, 2.05) is 68.6 Å². The fourth-order valence-corrected chi connectivity index (χ4v) is 4.96. The lowest BCUT2D eigenvalue weighted by Crippen LogP contribution is -2.51. The fraction of sp³-hybridized carbons (Fsp3) is 0.357. The van der Waals surface area contributed by atoms with Gasteiger partial charge in [0.15, 0.2) is 0 Å². The molecule has 1 atom stereocenters. The molecular weight excluding hydrogens is 470 g/mol. The predicted molar refractivity (Wildman–Crippen MR) is 144 cm³/mol.